The van der Waals surface area contributed by atoms with Crippen LogP contribution in [0.1, 0.15) is 19.8 Å². The summed E-state index contributed by atoms with van der Waals surface area (Å²) in [6.07, 6.45) is 2.16. The van der Waals surface area contributed by atoms with Crippen LogP contribution >= 0.6 is 15.9 Å². The first-order chi connectivity index (χ1) is 11.9. The van der Waals surface area contributed by atoms with Gasteiger partial charge in [0.2, 0.25) is 15.9 Å². The van der Waals surface area contributed by atoms with Crippen molar-refractivity contribution < 1.29 is 13.2 Å². The highest BCUT2D eigenvalue weighted by Gasteiger charge is 2.33. The van der Waals surface area contributed by atoms with E-state index in [9.17, 15) is 13.2 Å². The second kappa shape index (κ2) is 7.73. The standard InChI is InChI=1S/C17H24BrN3O3S/c1-14(17(22)20-8-2-3-9-20)19-10-12-21(13-11-19)25(23,24)16-6-4-15(18)5-7-16/h4-7,14H,2-3,8-13H2,1H3. The molecule has 1 amide bonds. The summed E-state index contributed by atoms with van der Waals surface area (Å²) in [5.41, 5.74) is 0. The maximum Gasteiger partial charge on any atom is 0.243 e. The zero-order chi connectivity index (χ0) is 18.0. The van der Waals surface area contributed by atoms with Crippen molar-refractivity contribution in [1.82, 2.24) is 14.1 Å². The van der Waals surface area contributed by atoms with Crippen LogP contribution in [0.3, 0.4) is 0 Å². The summed E-state index contributed by atoms with van der Waals surface area (Å²) in [5, 5.41) is 0. The molecule has 2 heterocycles. The molecule has 2 saturated heterocycles. The Morgan fingerprint density at radius 1 is 1.00 bits per heavy atom. The lowest BCUT2D eigenvalue weighted by atomic mass is 10.2. The van der Waals surface area contributed by atoms with Gasteiger partial charge in [-0.15, -0.1) is 0 Å². The molecule has 25 heavy (non-hydrogen) atoms. The van der Waals surface area contributed by atoms with Gasteiger partial charge in [-0.05, 0) is 44.0 Å². The number of likely N-dealkylation sites (tertiary alicyclic amines) is 1. The topological polar surface area (TPSA) is 60.9 Å². The third kappa shape index (κ3) is 4.07. The second-order valence-electron chi connectivity index (χ2n) is 6.60. The van der Waals surface area contributed by atoms with Crippen LogP contribution in [0.5, 0.6) is 0 Å². The summed E-state index contributed by atoms with van der Waals surface area (Å²) in [6, 6.07) is 6.52. The highest BCUT2D eigenvalue weighted by Crippen LogP contribution is 2.21. The number of carbonyl (C=O) groups excluding carboxylic acids is 1. The number of amides is 1. The van der Waals surface area contributed by atoms with Crippen molar-refractivity contribution in [2.24, 2.45) is 0 Å². The zero-order valence-electron chi connectivity index (χ0n) is 14.4. The smallest absolute Gasteiger partial charge is 0.243 e. The molecule has 2 fully saturated rings. The van der Waals surface area contributed by atoms with Gasteiger partial charge in [0.1, 0.15) is 0 Å². The van der Waals surface area contributed by atoms with Crippen LogP contribution in [0.25, 0.3) is 0 Å². The van der Waals surface area contributed by atoms with Crippen molar-refractivity contribution in [3.05, 3.63) is 28.7 Å². The van der Waals surface area contributed by atoms with Gasteiger partial charge in [-0.2, -0.15) is 4.31 Å². The lowest BCUT2D eigenvalue weighted by Gasteiger charge is -2.37. The number of hydrogen-bond donors (Lipinski definition) is 0. The fraction of sp³-hybridized carbons (Fsp3) is 0.588. The second-order valence-corrected chi connectivity index (χ2v) is 9.46. The molecule has 8 heteroatoms. The molecule has 0 bridgehead atoms. The lowest BCUT2D eigenvalue weighted by molar-refractivity contribution is -0.135. The molecule has 0 radical (unpaired) electrons. The van der Waals surface area contributed by atoms with Gasteiger partial charge in [-0.25, -0.2) is 8.42 Å². The lowest BCUT2D eigenvalue weighted by Crippen LogP contribution is -2.55. The average molecular weight is 430 g/mol. The molecule has 1 aromatic rings. The third-order valence-corrected chi connectivity index (χ3v) is 7.49. The minimum atomic E-state index is -3.47. The Balaban J connectivity index is 1.61. The van der Waals surface area contributed by atoms with Gasteiger partial charge in [0.25, 0.3) is 0 Å². The highest BCUT2D eigenvalue weighted by atomic mass is 79.9. The predicted molar refractivity (Wildman–Crippen MR) is 99.7 cm³/mol. The molecule has 3 rings (SSSR count). The summed E-state index contributed by atoms with van der Waals surface area (Å²) in [7, 11) is -3.47. The van der Waals surface area contributed by atoms with Crippen molar-refractivity contribution in [3.8, 4) is 0 Å². The number of carbonyl (C=O) groups is 1. The van der Waals surface area contributed by atoms with Crippen molar-refractivity contribution in [1.29, 1.82) is 0 Å². The number of benzene rings is 1. The molecule has 0 spiro atoms. The highest BCUT2D eigenvalue weighted by molar-refractivity contribution is 9.10. The first-order valence-electron chi connectivity index (χ1n) is 8.68. The van der Waals surface area contributed by atoms with E-state index in [0.717, 1.165) is 30.4 Å². The molecule has 138 valence electrons. The number of hydrogen-bond acceptors (Lipinski definition) is 4. The molecule has 2 aliphatic heterocycles. The van der Waals surface area contributed by atoms with Crippen LogP contribution in [-0.4, -0.2) is 73.7 Å². The molecule has 0 aliphatic carbocycles. The maximum absolute atomic E-state index is 12.7. The molecule has 6 nitrogen and oxygen atoms in total. The molecule has 0 N–H and O–H groups in total. The molecular weight excluding hydrogens is 406 g/mol. The normalized spacial score (nSPS) is 21.4. The van der Waals surface area contributed by atoms with E-state index >= 15 is 0 Å². The first-order valence-corrected chi connectivity index (χ1v) is 10.9. The minimum absolute atomic E-state index is 0.168. The van der Waals surface area contributed by atoms with Crippen molar-refractivity contribution in [3.63, 3.8) is 0 Å². The Bertz CT molecular complexity index is 709. The monoisotopic (exact) mass is 429 g/mol. The van der Waals surface area contributed by atoms with Gasteiger partial charge < -0.3 is 4.90 Å². The van der Waals surface area contributed by atoms with Gasteiger partial charge in [0.15, 0.2) is 0 Å². The van der Waals surface area contributed by atoms with E-state index in [4.69, 9.17) is 0 Å². The molecular formula is C17H24BrN3O3S. The van der Waals surface area contributed by atoms with E-state index in [1.54, 1.807) is 24.3 Å². The van der Waals surface area contributed by atoms with Gasteiger partial charge in [0.05, 0.1) is 10.9 Å². The summed E-state index contributed by atoms with van der Waals surface area (Å²) in [6.45, 7) is 5.61. The summed E-state index contributed by atoms with van der Waals surface area (Å²) in [4.78, 5) is 16.9. The predicted octanol–water partition coefficient (Wildman–Crippen LogP) is 1.77. The largest absolute Gasteiger partial charge is 0.341 e. The van der Waals surface area contributed by atoms with Gasteiger partial charge in [-0.3, -0.25) is 9.69 Å². The van der Waals surface area contributed by atoms with Crippen LogP contribution in [-0.2, 0) is 14.8 Å². The molecule has 0 aromatic heterocycles. The van der Waals surface area contributed by atoms with Crippen LogP contribution in [0.2, 0.25) is 0 Å². The maximum atomic E-state index is 12.7. The van der Waals surface area contributed by atoms with E-state index in [0.29, 0.717) is 31.1 Å². The third-order valence-electron chi connectivity index (χ3n) is 5.05. The van der Waals surface area contributed by atoms with Gasteiger partial charge in [0, 0.05) is 43.7 Å². The van der Waals surface area contributed by atoms with E-state index in [-0.39, 0.29) is 11.9 Å². The number of sulfonamides is 1. The fourth-order valence-corrected chi connectivity index (χ4v) is 5.13. The van der Waals surface area contributed by atoms with Crippen molar-refractivity contribution >= 4 is 31.9 Å². The molecule has 0 saturated carbocycles. The minimum Gasteiger partial charge on any atom is -0.341 e. The molecule has 1 atom stereocenters. The van der Waals surface area contributed by atoms with E-state index in [2.05, 4.69) is 20.8 Å². The van der Waals surface area contributed by atoms with Crippen LogP contribution in [0.15, 0.2) is 33.6 Å². The number of halogens is 1. The zero-order valence-corrected chi connectivity index (χ0v) is 16.8. The number of piperazine rings is 1. The Morgan fingerprint density at radius 2 is 1.56 bits per heavy atom. The Hall–Kier alpha value is -0.960. The molecule has 2 aliphatic rings. The average Bonchev–Trinajstić information content (AvgIpc) is 3.15. The SMILES string of the molecule is CC(C(=O)N1CCCC1)N1CCN(S(=O)(=O)c2ccc(Br)cc2)CC1. The number of nitrogens with zero attached hydrogens (tertiary/aromatic N) is 3. The van der Waals surface area contributed by atoms with Crippen LogP contribution < -0.4 is 0 Å². The Labute approximate surface area is 158 Å². The number of rotatable bonds is 4. The Kier molecular flexibility index (Phi) is 5.82. The summed E-state index contributed by atoms with van der Waals surface area (Å²) in [5.74, 6) is 0.168. The summed E-state index contributed by atoms with van der Waals surface area (Å²) >= 11 is 3.32. The Morgan fingerprint density at radius 3 is 2.12 bits per heavy atom. The first kappa shape index (κ1) is 18.8. The van der Waals surface area contributed by atoms with Crippen molar-refractivity contribution in [2.75, 3.05) is 39.3 Å². The fourth-order valence-electron chi connectivity index (χ4n) is 3.44. The van der Waals surface area contributed by atoms with Gasteiger partial charge >= 0.3 is 0 Å². The molecule has 1 unspecified atom stereocenters. The van der Waals surface area contributed by atoms with Crippen LogP contribution in [0, 0.1) is 0 Å². The van der Waals surface area contributed by atoms with Gasteiger partial charge in [-0.1, -0.05) is 15.9 Å². The van der Waals surface area contributed by atoms with Crippen LogP contribution in [0.4, 0.5) is 0 Å². The van der Waals surface area contributed by atoms with E-state index < -0.39 is 10.0 Å². The van der Waals surface area contributed by atoms with Crippen molar-refractivity contribution in [2.45, 2.75) is 30.7 Å². The quantitative estimate of drug-likeness (QED) is 0.731. The van der Waals surface area contributed by atoms with E-state index in [1.165, 1.54) is 4.31 Å². The molecule has 1 aromatic carbocycles. The summed E-state index contributed by atoms with van der Waals surface area (Å²) < 4.78 is 27.8. The van der Waals surface area contributed by atoms with E-state index in [1.807, 2.05) is 11.8 Å².